The highest BCUT2D eigenvalue weighted by Gasteiger charge is 2.31. The fourth-order valence-electron chi connectivity index (χ4n) is 2.23. The first-order valence-electron chi connectivity index (χ1n) is 5.74. The summed E-state index contributed by atoms with van der Waals surface area (Å²) in [6, 6.07) is -1.22. The van der Waals surface area contributed by atoms with Crippen molar-refractivity contribution in [1.82, 2.24) is 10.6 Å². The minimum absolute atomic E-state index is 0.0383. The molecule has 0 aromatic heterocycles. The van der Waals surface area contributed by atoms with E-state index in [0.29, 0.717) is 12.8 Å². The molecule has 2 saturated heterocycles. The second-order valence-electron chi connectivity index (χ2n) is 4.82. The van der Waals surface area contributed by atoms with Gasteiger partial charge in [-0.3, -0.25) is 0 Å². The highest BCUT2D eigenvalue weighted by molar-refractivity contribution is 7.91. The second kappa shape index (κ2) is 4.69. The maximum absolute atomic E-state index is 11.6. The summed E-state index contributed by atoms with van der Waals surface area (Å²) < 4.78 is 44.8. The van der Waals surface area contributed by atoms with Gasteiger partial charge in [0, 0.05) is 12.1 Å². The topological polar surface area (TPSA) is 109 Å². The molecule has 2 rings (SSSR count). The van der Waals surface area contributed by atoms with E-state index in [1.165, 1.54) is 0 Å². The van der Waals surface area contributed by atoms with Crippen LogP contribution in [0.25, 0.3) is 0 Å². The highest BCUT2D eigenvalue weighted by Crippen LogP contribution is 2.13. The Morgan fingerprint density at radius 2 is 1.22 bits per heavy atom. The first-order valence-corrected chi connectivity index (χ1v) is 9.38. The Bertz CT molecular complexity index is 491. The molecule has 104 valence electrons. The van der Waals surface area contributed by atoms with Gasteiger partial charge in [0.15, 0.2) is 19.7 Å². The molecule has 2 aliphatic heterocycles. The van der Waals surface area contributed by atoms with E-state index in [4.69, 9.17) is 0 Å². The number of amides is 2. The van der Waals surface area contributed by atoms with Crippen molar-refractivity contribution in [3.05, 3.63) is 0 Å². The van der Waals surface area contributed by atoms with E-state index in [0.717, 1.165) is 0 Å². The number of carbonyl (C=O) groups is 1. The van der Waals surface area contributed by atoms with Crippen LogP contribution in [0.1, 0.15) is 12.8 Å². The lowest BCUT2D eigenvalue weighted by molar-refractivity contribution is 0.235. The monoisotopic (exact) mass is 296 g/mol. The summed E-state index contributed by atoms with van der Waals surface area (Å²) in [4.78, 5) is 11.6. The Balaban J connectivity index is 1.80. The summed E-state index contributed by atoms with van der Waals surface area (Å²) in [5.41, 5.74) is 0. The average molecular weight is 296 g/mol. The van der Waals surface area contributed by atoms with E-state index in [9.17, 15) is 21.6 Å². The van der Waals surface area contributed by atoms with Crippen molar-refractivity contribution in [3.8, 4) is 0 Å². The first-order chi connectivity index (χ1) is 8.26. The van der Waals surface area contributed by atoms with Crippen LogP contribution in [0.15, 0.2) is 0 Å². The molecule has 0 unspecified atom stereocenters. The number of nitrogens with one attached hydrogen (secondary N) is 2. The predicted octanol–water partition coefficient (Wildman–Crippen LogP) is -1.34. The average Bonchev–Trinajstić information content (AvgIpc) is 2.69. The van der Waals surface area contributed by atoms with Crippen molar-refractivity contribution in [3.63, 3.8) is 0 Å². The molecule has 7 nitrogen and oxygen atoms in total. The molecular weight excluding hydrogens is 280 g/mol. The standard InChI is InChI=1S/C9H16N2O5S2/c12-9(10-7-1-3-17(13,14)5-7)11-8-2-4-18(15,16)6-8/h7-8H,1-6H2,(H2,10,11,12)/t7-,8+. The largest absolute Gasteiger partial charge is 0.334 e. The smallest absolute Gasteiger partial charge is 0.315 e. The summed E-state index contributed by atoms with van der Waals surface area (Å²) in [6.45, 7) is 0. The first kappa shape index (κ1) is 13.6. The molecule has 2 N–H and O–H groups in total. The Hall–Kier alpha value is -0.830. The van der Waals surface area contributed by atoms with E-state index in [2.05, 4.69) is 10.6 Å². The number of sulfone groups is 2. The summed E-state index contributed by atoms with van der Waals surface area (Å²) in [6.07, 6.45) is 0.831. The summed E-state index contributed by atoms with van der Waals surface area (Å²) in [7, 11) is -6.05. The molecule has 0 saturated carbocycles. The number of hydrogen-bond acceptors (Lipinski definition) is 5. The molecule has 2 fully saturated rings. The number of urea groups is 1. The predicted molar refractivity (Wildman–Crippen MR) is 65.8 cm³/mol. The molecule has 0 spiro atoms. The number of hydrogen-bond donors (Lipinski definition) is 2. The van der Waals surface area contributed by atoms with Gasteiger partial charge in [-0.05, 0) is 12.8 Å². The maximum atomic E-state index is 11.6. The lowest BCUT2D eigenvalue weighted by Crippen LogP contribution is -2.47. The van der Waals surface area contributed by atoms with Crippen molar-refractivity contribution >= 4 is 25.7 Å². The zero-order chi connectivity index (χ0) is 13.4. The summed E-state index contributed by atoms with van der Waals surface area (Å²) in [5, 5.41) is 5.13. The minimum atomic E-state index is -3.03. The molecule has 2 aliphatic rings. The van der Waals surface area contributed by atoms with Crippen molar-refractivity contribution in [2.75, 3.05) is 23.0 Å². The van der Waals surface area contributed by atoms with Gasteiger partial charge in [0.2, 0.25) is 0 Å². The van der Waals surface area contributed by atoms with Gasteiger partial charge in [-0.1, -0.05) is 0 Å². The Labute approximate surface area is 106 Å². The van der Waals surface area contributed by atoms with Crippen molar-refractivity contribution in [1.29, 1.82) is 0 Å². The van der Waals surface area contributed by atoms with E-state index in [-0.39, 0.29) is 35.1 Å². The van der Waals surface area contributed by atoms with Crippen LogP contribution in [0, 0.1) is 0 Å². The molecular formula is C9H16N2O5S2. The molecule has 0 aromatic carbocycles. The number of carbonyl (C=O) groups excluding carboxylic acids is 1. The molecule has 2 atom stereocenters. The fraction of sp³-hybridized carbons (Fsp3) is 0.889. The Morgan fingerprint density at radius 1 is 0.833 bits per heavy atom. The normalized spacial score (nSPS) is 33.1. The third kappa shape index (κ3) is 3.58. The van der Waals surface area contributed by atoms with Crippen LogP contribution in [-0.2, 0) is 19.7 Å². The molecule has 0 aromatic rings. The molecule has 2 heterocycles. The maximum Gasteiger partial charge on any atom is 0.315 e. The SMILES string of the molecule is O=C(N[C@@H]1CCS(=O)(=O)C1)N[C@H]1CCS(=O)(=O)C1. The highest BCUT2D eigenvalue weighted by atomic mass is 32.2. The Morgan fingerprint density at radius 3 is 1.50 bits per heavy atom. The van der Waals surface area contributed by atoms with E-state index in [1.807, 2.05) is 0 Å². The van der Waals surface area contributed by atoms with Crippen LogP contribution in [0.5, 0.6) is 0 Å². The third-order valence-corrected chi connectivity index (χ3v) is 6.67. The van der Waals surface area contributed by atoms with Gasteiger partial charge in [-0.15, -0.1) is 0 Å². The van der Waals surface area contributed by atoms with Gasteiger partial charge in [-0.25, -0.2) is 21.6 Å². The molecule has 2 amide bonds. The van der Waals surface area contributed by atoms with Crippen molar-refractivity contribution in [2.24, 2.45) is 0 Å². The minimum Gasteiger partial charge on any atom is -0.334 e. The summed E-state index contributed by atoms with van der Waals surface area (Å²) >= 11 is 0. The molecule has 9 heteroatoms. The van der Waals surface area contributed by atoms with E-state index >= 15 is 0 Å². The van der Waals surface area contributed by atoms with Gasteiger partial charge < -0.3 is 10.6 Å². The van der Waals surface area contributed by atoms with Gasteiger partial charge >= 0.3 is 6.03 Å². The number of rotatable bonds is 2. The molecule has 0 aliphatic carbocycles. The lowest BCUT2D eigenvalue weighted by Gasteiger charge is -2.15. The molecule has 0 radical (unpaired) electrons. The van der Waals surface area contributed by atoms with Crippen LogP contribution in [0.3, 0.4) is 0 Å². The van der Waals surface area contributed by atoms with Crippen LogP contribution in [-0.4, -0.2) is 58.0 Å². The van der Waals surface area contributed by atoms with Crippen LogP contribution < -0.4 is 10.6 Å². The zero-order valence-corrected chi connectivity index (χ0v) is 11.4. The third-order valence-electron chi connectivity index (χ3n) is 3.14. The van der Waals surface area contributed by atoms with Gasteiger partial charge in [-0.2, -0.15) is 0 Å². The molecule has 18 heavy (non-hydrogen) atoms. The van der Waals surface area contributed by atoms with Crippen molar-refractivity contribution in [2.45, 2.75) is 24.9 Å². The van der Waals surface area contributed by atoms with Crippen LogP contribution >= 0.6 is 0 Å². The van der Waals surface area contributed by atoms with Crippen LogP contribution in [0.4, 0.5) is 4.79 Å². The van der Waals surface area contributed by atoms with E-state index < -0.39 is 25.7 Å². The zero-order valence-electron chi connectivity index (χ0n) is 9.76. The second-order valence-corrected chi connectivity index (χ2v) is 9.28. The van der Waals surface area contributed by atoms with Gasteiger partial charge in [0.1, 0.15) is 0 Å². The lowest BCUT2D eigenvalue weighted by atomic mass is 10.2. The quantitative estimate of drug-likeness (QED) is 0.655. The Kier molecular flexibility index (Phi) is 3.54. The van der Waals surface area contributed by atoms with Crippen molar-refractivity contribution < 1.29 is 21.6 Å². The fourth-order valence-corrected chi connectivity index (χ4v) is 5.58. The molecule has 0 bridgehead atoms. The summed E-state index contributed by atoms with van der Waals surface area (Å²) in [5.74, 6) is 0.109. The van der Waals surface area contributed by atoms with E-state index in [1.54, 1.807) is 0 Å². The van der Waals surface area contributed by atoms with Gasteiger partial charge in [0.05, 0.1) is 23.0 Å². The van der Waals surface area contributed by atoms with Crippen LogP contribution in [0.2, 0.25) is 0 Å². The van der Waals surface area contributed by atoms with Gasteiger partial charge in [0.25, 0.3) is 0 Å².